The van der Waals surface area contributed by atoms with Crippen molar-refractivity contribution in [2.45, 2.75) is 98.8 Å². The van der Waals surface area contributed by atoms with Gasteiger partial charge in [-0.15, -0.1) is 0 Å². The summed E-state index contributed by atoms with van der Waals surface area (Å²) in [6.45, 7) is 16.8. The Kier molecular flexibility index (Phi) is 17.6. The summed E-state index contributed by atoms with van der Waals surface area (Å²) in [5, 5.41) is 0. The fraction of sp³-hybridized carbons (Fsp3) is 0.905. The van der Waals surface area contributed by atoms with Gasteiger partial charge in [-0.1, -0.05) is 78.5 Å². The summed E-state index contributed by atoms with van der Waals surface area (Å²) in [7, 11) is -1.14. The second-order valence-corrected chi connectivity index (χ2v) is 9.79. The lowest BCUT2D eigenvalue weighted by molar-refractivity contribution is 0.332. The van der Waals surface area contributed by atoms with Crippen molar-refractivity contribution < 1.29 is 0 Å². The van der Waals surface area contributed by atoms with Crippen LogP contribution in [0.3, 0.4) is 0 Å². The first-order valence-electron chi connectivity index (χ1n) is 10.9. The molecule has 3 heteroatoms. The number of allylic oxidation sites excluding steroid dienone is 1. The van der Waals surface area contributed by atoms with Crippen LogP contribution in [-0.2, 0) is 0 Å². The number of nitrogens with zero attached hydrogens (tertiary/aromatic N) is 2. The molecule has 24 heavy (non-hydrogen) atoms. The zero-order chi connectivity index (χ0) is 18.0. The lowest BCUT2D eigenvalue weighted by Crippen LogP contribution is -2.53. The van der Waals surface area contributed by atoms with Gasteiger partial charge in [0.25, 0.3) is 0 Å². The largest absolute Gasteiger partial charge is 0.311 e. The van der Waals surface area contributed by atoms with E-state index in [9.17, 15) is 0 Å². The predicted octanol–water partition coefficient (Wildman–Crippen LogP) is 5.91. The fourth-order valence-electron chi connectivity index (χ4n) is 3.06. The Bertz CT molecular complexity index is 245. The summed E-state index contributed by atoms with van der Waals surface area (Å²) in [6, 6.07) is 0. The number of hydrogen-bond donors (Lipinski definition) is 0. The van der Waals surface area contributed by atoms with Gasteiger partial charge in [0.05, 0.1) is 0 Å². The van der Waals surface area contributed by atoms with E-state index < -0.39 is 9.12 Å². The van der Waals surface area contributed by atoms with Crippen LogP contribution in [0.5, 0.6) is 0 Å². The molecule has 0 aromatic heterocycles. The zero-order valence-electron chi connectivity index (χ0n) is 17.5. The monoisotopic (exact) mass is 354 g/mol. The lowest BCUT2D eigenvalue weighted by Gasteiger charge is -2.37. The van der Waals surface area contributed by atoms with E-state index in [4.69, 9.17) is 0 Å². The summed E-state index contributed by atoms with van der Waals surface area (Å²) < 4.78 is 5.79. The Balaban J connectivity index is 5.16. The average Bonchev–Trinajstić information content (AvgIpc) is 2.60. The van der Waals surface area contributed by atoms with E-state index in [0.29, 0.717) is 0 Å². The van der Waals surface area contributed by atoms with Crippen LogP contribution in [-0.4, -0.2) is 44.4 Å². The van der Waals surface area contributed by atoms with E-state index in [1.807, 2.05) is 0 Å². The molecule has 0 rings (SSSR count). The van der Waals surface area contributed by atoms with Gasteiger partial charge in [-0.05, 0) is 58.3 Å². The SMILES string of the molecule is CCCC=C[SiH](N(CCCC)CCCC)N(CCCC)CCCC. The van der Waals surface area contributed by atoms with Crippen LogP contribution in [0, 0.1) is 0 Å². The maximum atomic E-state index is 2.89. The summed E-state index contributed by atoms with van der Waals surface area (Å²) >= 11 is 0. The molecule has 0 saturated carbocycles. The second-order valence-electron chi connectivity index (χ2n) is 7.12. The van der Waals surface area contributed by atoms with E-state index in [2.05, 4.69) is 55.5 Å². The molecule has 0 bridgehead atoms. The Hall–Kier alpha value is -0.123. The molecule has 0 aliphatic carbocycles. The molecule has 0 atom stereocenters. The molecule has 0 spiro atoms. The highest BCUT2D eigenvalue weighted by Gasteiger charge is 2.23. The van der Waals surface area contributed by atoms with Crippen LogP contribution < -0.4 is 0 Å². The minimum atomic E-state index is -1.14. The second kappa shape index (κ2) is 17.7. The number of hydrogen-bond acceptors (Lipinski definition) is 2. The van der Waals surface area contributed by atoms with Gasteiger partial charge in [-0.2, -0.15) is 0 Å². The molecule has 0 aromatic rings. The lowest BCUT2D eigenvalue weighted by atomic mass is 10.3. The molecule has 0 N–H and O–H groups in total. The van der Waals surface area contributed by atoms with Crippen molar-refractivity contribution in [1.82, 2.24) is 9.13 Å². The highest BCUT2D eigenvalue weighted by atomic mass is 28.3. The summed E-state index contributed by atoms with van der Waals surface area (Å²) in [5.74, 6) is 0. The van der Waals surface area contributed by atoms with E-state index in [0.717, 1.165) is 0 Å². The van der Waals surface area contributed by atoms with Crippen molar-refractivity contribution in [3.8, 4) is 0 Å². The molecule has 0 heterocycles. The molecular formula is C21H46N2Si. The van der Waals surface area contributed by atoms with Gasteiger partial charge in [0.2, 0.25) is 9.12 Å². The molecular weight excluding hydrogens is 308 g/mol. The summed E-state index contributed by atoms with van der Waals surface area (Å²) in [6.07, 6.45) is 15.7. The first-order chi connectivity index (χ1) is 11.7. The van der Waals surface area contributed by atoms with Gasteiger partial charge in [0.1, 0.15) is 0 Å². The van der Waals surface area contributed by atoms with Crippen molar-refractivity contribution in [3.05, 3.63) is 11.8 Å². The minimum Gasteiger partial charge on any atom is -0.311 e. The topological polar surface area (TPSA) is 6.48 Å². The molecule has 0 aromatic carbocycles. The third kappa shape index (κ3) is 11.4. The quantitative estimate of drug-likeness (QED) is 0.300. The van der Waals surface area contributed by atoms with E-state index in [1.165, 1.54) is 90.4 Å². The zero-order valence-corrected chi connectivity index (χ0v) is 18.7. The first-order valence-corrected chi connectivity index (χ1v) is 12.6. The van der Waals surface area contributed by atoms with Gasteiger partial charge in [0.15, 0.2) is 0 Å². The standard InChI is InChI=1S/C21H46N2Si/c1-6-11-16-21-24(22(17-12-7-2)18-13-8-3)23(19-14-9-4)20-15-10-5/h16,21,24H,6-15,17-20H2,1-5H3. The number of rotatable bonds is 17. The maximum Gasteiger partial charge on any atom is 0.215 e. The fourth-order valence-corrected chi connectivity index (χ4v) is 6.23. The van der Waals surface area contributed by atoms with Gasteiger partial charge >= 0.3 is 0 Å². The average molecular weight is 355 g/mol. The molecule has 0 unspecified atom stereocenters. The minimum absolute atomic E-state index is 1.14. The molecule has 0 aliphatic heterocycles. The molecule has 0 aliphatic rings. The number of unbranched alkanes of at least 4 members (excludes halogenated alkanes) is 5. The van der Waals surface area contributed by atoms with E-state index in [1.54, 1.807) is 0 Å². The normalized spacial score (nSPS) is 12.3. The molecule has 0 fully saturated rings. The molecule has 0 radical (unpaired) electrons. The Morgan fingerprint density at radius 2 is 0.958 bits per heavy atom. The third-order valence-electron chi connectivity index (χ3n) is 4.71. The first kappa shape index (κ1) is 23.9. The van der Waals surface area contributed by atoms with Crippen molar-refractivity contribution in [1.29, 1.82) is 0 Å². The molecule has 0 saturated heterocycles. The smallest absolute Gasteiger partial charge is 0.215 e. The van der Waals surface area contributed by atoms with Gasteiger partial charge in [0, 0.05) is 0 Å². The predicted molar refractivity (Wildman–Crippen MR) is 114 cm³/mol. The van der Waals surface area contributed by atoms with Crippen molar-refractivity contribution in [2.75, 3.05) is 26.2 Å². The van der Waals surface area contributed by atoms with Crippen LogP contribution in [0.4, 0.5) is 0 Å². The summed E-state index contributed by atoms with van der Waals surface area (Å²) in [4.78, 5) is 0. The Labute approximate surface area is 155 Å². The van der Waals surface area contributed by atoms with Crippen molar-refractivity contribution in [2.24, 2.45) is 0 Å². The van der Waals surface area contributed by atoms with Crippen molar-refractivity contribution >= 4 is 9.12 Å². The Morgan fingerprint density at radius 3 is 1.25 bits per heavy atom. The van der Waals surface area contributed by atoms with Gasteiger partial charge < -0.3 is 9.13 Å². The third-order valence-corrected chi connectivity index (χ3v) is 7.85. The highest BCUT2D eigenvalue weighted by molar-refractivity contribution is 6.58. The molecule has 2 nitrogen and oxygen atoms in total. The maximum absolute atomic E-state index is 2.89. The van der Waals surface area contributed by atoms with Crippen LogP contribution >= 0.6 is 0 Å². The van der Waals surface area contributed by atoms with Crippen LogP contribution in [0.1, 0.15) is 98.8 Å². The van der Waals surface area contributed by atoms with Gasteiger partial charge in [-0.3, -0.25) is 0 Å². The van der Waals surface area contributed by atoms with E-state index >= 15 is 0 Å². The van der Waals surface area contributed by atoms with Crippen LogP contribution in [0.15, 0.2) is 11.8 Å². The Morgan fingerprint density at radius 1 is 0.583 bits per heavy atom. The van der Waals surface area contributed by atoms with E-state index in [-0.39, 0.29) is 0 Å². The molecule has 144 valence electrons. The highest BCUT2D eigenvalue weighted by Crippen LogP contribution is 2.12. The van der Waals surface area contributed by atoms with Gasteiger partial charge in [-0.25, -0.2) is 0 Å². The molecule has 0 amide bonds. The van der Waals surface area contributed by atoms with Crippen LogP contribution in [0.25, 0.3) is 0 Å². The summed E-state index contributed by atoms with van der Waals surface area (Å²) in [5.41, 5.74) is 2.65. The van der Waals surface area contributed by atoms with Crippen LogP contribution in [0.2, 0.25) is 0 Å². The van der Waals surface area contributed by atoms with Crippen molar-refractivity contribution in [3.63, 3.8) is 0 Å².